The van der Waals surface area contributed by atoms with Crippen molar-refractivity contribution in [3.8, 4) is 22.3 Å². The van der Waals surface area contributed by atoms with Gasteiger partial charge in [-0.3, -0.25) is 9.78 Å². The topological polar surface area (TPSA) is 77.6 Å². The van der Waals surface area contributed by atoms with Crippen LogP contribution in [0.5, 0.6) is 0 Å². The van der Waals surface area contributed by atoms with Crippen LogP contribution in [0, 0.1) is 6.92 Å². The first kappa shape index (κ1) is 23.6. The van der Waals surface area contributed by atoms with Gasteiger partial charge in [-0.1, -0.05) is 12.1 Å². The van der Waals surface area contributed by atoms with Crippen molar-refractivity contribution >= 4 is 22.6 Å². The molecule has 37 heavy (non-hydrogen) atoms. The number of piperazine rings is 1. The molecule has 1 aromatic carbocycles. The number of morpholine rings is 1. The molecule has 190 valence electrons. The summed E-state index contributed by atoms with van der Waals surface area (Å²) < 4.78 is 5.35. The van der Waals surface area contributed by atoms with Crippen molar-refractivity contribution in [3.63, 3.8) is 0 Å². The van der Waals surface area contributed by atoms with E-state index >= 15 is 0 Å². The van der Waals surface area contributed by atoms with Gasteiger partial charge in [0.1, 0.15) is 11.3 Å². The zero-order chi connectivity index (χ0) is 25.4. The Kier molecular flexibility index (Phi) is 6.36. The number of amides is 1. The van der Waals surface area contributed by atoms with Gasteiger partial charge in [0.05, 0.1) is 13.2 Å². The van der Waals surface area contributed by atoms with Crippen molar-refractivity contribution in [2.24, 2.45) is 0 Å². The Morgan fingerprint density at radius 3 is 2.38 bits per heavy atom. The van der Waals surface area contributed by atoms with Crippen LogP contribution >= 0.6 is 0 Å². The van der Waals surface area contributed by atoms with Crippen molar-refractivity contribution in [1.82, 2.24) is 24.8 Å². The average molecular weight is 497 g/mol. The predicted molar refractivity (Wildman–Crippen MR) is 146 cm³/mol. The standard InChI is InChI=1S/C29H32N6O2/c1-20-15-21(4-6-27(20)34-9-7-33(2)8-10-34)23-16-24-25(19-32-28(24)31-18-23)22-3-5-26(30-17-22)29(36)35-11-13-37-14-12-35/h3-6,15-19H,7-14H2,1-2H3,(H,31,32). The van der Waals surface area contributed by atoms with Crippen molar-refractivity contribution in [2.45, 2.75) is 6.92 Å². The van der Waals surface area contributed by atoms with Crippen LogP contribution in [0.4, 0.5) is 5.69 Å². The number of anilines is 1. The van der Waals surface area contributed by atoms with Crippen LogP contribution in [0.25, 0.3) is 33.3 Å². The number of likely N-dealkylation sites (N-methyl/N-ethyl adjacent to an activating group) is 1. The van der Waals surface area contributed by atoms with Crippen molar-refractivity contribution in [3.05, 3.63) is 66.2 Å². The molecule has 1 amide bonds. The van der Waals surface area contributed by atoms with Crippen LogP contribution in [-0.2, 0) is 4.74 Å². The van der Waals surface area contributed by atoms with Gasteiger partial charge in [-0.05, 0) is 49.4 Å². The largest absolute Gasteiger partial charge is 0.378 e. The Balaban J connectivity index is 1.26. The normalized spacial score (nSPS) is 16.9. The van der Waals surface area contributed by atoms with E-state index in [-0.39, 0.29) is 5.91 Å². The van der Waals surface area contributed by atoms with Gasteiger partial charge in [0.25, 0.3) is 5.91 Å². The molecule has 2 fully saturated rings. The second-order valence-corrected chi connectivity index (χ2v) is 9.95. The number of aryl methyl sites for hydroxylation is 1. The van der Waals surface area contributed by atoms with Crippen LogP contribution in [0.1, 0.15) is 16.1 Å². The lowest BCUT2D eigenvalue weighted by Gasteiger charge is -2.35. The number of aromatic amines is 1. The first-order valence-electron chi connectivity index (χ1n) is 12.9. The van der Waals surface area contributed by atoms with E-state index in [0.717, 1.165) is 59.5 Å². The molecule has 0 bridgehead atoms. The van der Waals surface area contributed by atoms with E-state index in [9.17, 15) is 4.79 Å². The SMILES string of the molecule is Cc1cc(-c2cnc3[nH]cc(-c4ccc(C(=O)N5CCOCC5)nc4)c3c2)ccc1N1CCN(C)CC1. The molecule has 2 aliphatic heterocycles. The lowest BCUT2D eigenvalue weighted by atomic mass is 10.0. The highest BCUT2D eigenvalue weighted by atomic mass is 16.5. The molecule has 5 heterocycles. The summed E-state index contributed by atoms with van der Waals surface area (Å²) in [5, 5.41) is 1.03. The summed E-state index contributed by atoms with van der Waals surface area (Å²) in [6.45, 7) is 8.85. The monoisotopic (exact) mass is 496 g/mol. The zero-order valence-electron chi connectivity index (χ0n) is 21.4. The van der Waals surface area contributed by atoms with Gasteiger partial charge in [-0.15, -0.1) is 0 Å². The molecule has 1 N–H and O–H groups in total. The fourth-order valence-corrected chi connectivity index (χ4v) is 5.25. The number of hydrogen-bond donors (Lipinski definition) is 1. The summed E-state index contributed by atoms with van der Waals surface area (Å²) in [5.74, 6) is -0.0480. The number of benzene rings is 1. The molecule has 2 aliphatic rings. The average Bonchev–Trinajstić information content (AvgIpc) is 3.37. The third-order valence-electron chi connectivity index (χ3n) is 7.50. The highest BCUT2D eigenvalue weighted by Crippen LogP contribution is 2.33. The molecule has 2 saturated heterocycles. The first-order valence-corrected chi connectivity index (χ1v) is 12.9. The molecule has 8 nitrogen and oxygen atoms in total. The van der Waals surface area contributed by atoms with Crippen LogP contribution in [0.2, 0.25) is 0 Å². The highest BCUT2D eigenvalue weighted by molar-refractivity contribution is 5.97. The number of carbonyl (C=O) groups excluding carboxylic acids is 1. The molecule has 0 unspecified atom stereocenters. The van der Waals surface area contributed by atoms with Crippen molar-refractivity contribution in [1.29, 1.82) is 0 Å². The number of hydrogen-bond acceptors (Lipinski definition) is 6. The Hall–Kier alpha value is -3.75. The number of ether oxygens (including phenoxy) is 1. The highest BCUT2D eigenvalue weighted by Gasteiger charge is 2.20. The molecule has 0 radical (unpaired) electrons. The lowest BCUT2D eigenvalue weighted by Crippen LogP contribution is -2.44. The fraction of sp³-hybridized carbons (Fsp3) is 0.345. The summed E-state index contributed by atoms with van der Waals surface area (Å²) >= 11 is 0. The summed E-state index contributed by atoms with van der Waals surface area (Å²) in [4.78, 5) is 31.9. The second kappa shape index (κ2) is 9.95. The fourth-order valence-electron chi connectivity index (χ4n) is 5.25. The maximum Gasteiger partial charge on any atom is 0.272 e. The molecule has 3 aromatic heterocycles. The van der Waals surface area contributed by atoms with Gasteiger partial charge in [-0.25, -0.2) is 4.98 Å². The van der Waals surface area contributed by atoms with E-state index in [4.69, 9.17) is 9.72 Å². The summed E-state index contributed by atoms with van der Waals surface area (Å²) in [5.41, 5.74) is 8.08. The van der Waals surface area contributed by atoms with Gasteiger partial charge in [0.15, 0.2) is 0 Å². The minimum Gasteiger partial charge on any atom is -0.378 e. The molecular formula is C29H32N6O2. The molecular weight excluding hydrogens is 464 g/mol. The Labute approximate surface area is 216 Å². The third-order valence-corrected chi connectivity index (χ3v) is 7.50. The Bertz CT molecular complexity index is 1420. The van der Waals surface area contributed by atoms with E-state index < -0.39 is 0 Å². The molecule has 8 heteroatoms. The molecule has 0 spiro atoms. The summed E-state index contributed by atoms with van der Waals surface area (Å²) in [6, 6.07) is 12.7. The second-order valence-electron chi connectivity index (χ2n) is 9.95. The number of pyridine rings is 2. The van der Waals surface area contributed by atoms with Gasteiger partial charge in [0.2, 0.25) is 0 Å². The third kappa shape index (κ3) is 4.70. The maximum absolute atomic E-state index is 12.8. The number of H-pyrrole nitrogens is 1. The van der Waals surface area contributed by atoms with E-state index in [1.165, 1.54) is 11.3 Å². The summed E-state index contributed by atoms with van der Waals surface area (Å²) in [7, 11) is 2.18. The maximum atomic E-state index is 12.8. The van der Waals surface area contributed by atoms with Gasteiger partial charge >= 0.3 is 0 Å². The molecule has 0 atom stereocenters. The lowest BCUT2D eigenvalue weighted by molar-refractivity contribution is 0.0299. The van der Waals surface area contributed by atoms with Crippen molar-refractivity contribution < 1.29 is 9.53 Å². The van der Waals surface area contributed by atoms with Crippen molar-refractivity contribution in [2.75, 3.05) is 64.4 Å². The minimum atomic E-state index is -0.0480. The predicted octanol–water partition coefficient (Wildman–Crippen LogP) is 3.82. The quantitative estimate of drug-likeness (QED) is 0.463. The Morgan fingerprint density at radius 2 is 1.65 bits per heavy atom. The molecule has 4 aromatic rings. The molecule has 0 saturated carbocycles. The number of rotatable bonds is 4. The summed E-state index contributed by atoms with van der Waals surface area (Å²) in [6.07, 6.45) is 5.66. The molecule has 0 aliphatic carbocycles. The first-order chi connectivity index (χ1) is 18.1. The Morgan fingerprint density at radius 1 is 0.892 bits per heavy atom. The smallest absolute Gasteiger partial charge is 0.272 e. The van der Waals surface area contributed by atoms with Gasteiger partial charge < -0.3 is 24.4 Å². The van der Waals surface area contributed by atoms with Crippen LogP contribution in [0.15, 0.2) is 55.0 Å². The van der Waals surface area contributed by atoms with E-state index in [2.05, 4.69) is 58.0 Å². The molecule has 6 rings (SSSR count). The van der Waals surface area contributed by atoms with E-state index in [0.29, 0.717) is 32.0 Å². The van der Waals surface area contributed by atoms with E-state index in [1.807, 2.05) is 24.5 Å². The number of fused-ring (bicyclic) bond motifs is 1. The van der Waals surface area contributed by atoms with E-state index in [1.54, 1.807) is 11.1 Å². The van der Waals surface area contributed by atoms with Crippen LogP contribution in [0.3, 0.4) is 0 Å². The number of nitrogens with one attached hydrogen (secondary N) is 1. The van der Waals surface area contributed by atoms with Crippen LogP contribution < -0.4 is 4.90 Å². The number of aromatic nitrogens is 3. The van der Waals surface area contributed by atoms with Crippen LogP contribution in [-0.4, -0.2) is 90.2 Å². The number of nitrogens with zero attached hydrogens (tertiary/aromatic N) is 5. The zero-order valence-corrected chi connectivity index (χ0v) is 21.4. The van der Waals surface area contributed by atoms with Gasteiger partial charge in [0, 0.05) is 85.6 Å². The number of carbonyl (C=O) groups is 1. The van der Waals surface area contributed by atoms with Gasteiger partial charge in [-0.2, -0.15) is 0 Å². The minimum absolute atomic E-state index is 0.0480.